The fraction of sp³-hybridized carbons (Fsp3) is 0.421. The Labute approximate surface area is 153 Å². The molecule has 0 unspecified atom stereocenters. The predicted molar refractivity (Wildman–Crippen MR) is 104 cm³/mol. The Balaban J connectivity index is 1.56. The van der Waals surface area contributed by atoms with Crippen molar-refractivity contribution in [2.45, 2.75) is 20.0 Å². The fourth-order valence-electron chi connectivity index (χ4n) is 2.99. The van der Waals surface area contributed by atoms with Crippen molar-refractivity contribution in [3.8, 4) is 5.75 Å². The number of thiophene rings is 1. The van der Waals surface area contributed by atoms with Gasteiger partial charge in [-0.3, -0.25) is 4.90 Å². The standard InChI is InChI=1S/C19H26N4OS/c1-2-20-19(21-14-16-5-3-6-17(24)13-16)23-10-8-22(9-11-23)15-18-7-4-12-25-18/h3-7,12-13,24H,2,8-11,14-15H2,1H3,(H,20,21). The molecule has 25 heavy (non-hydrogen) atoms. The van der Waals surface area contributed by atoms with Crippen LogP contribution in [0.4, 0.5) is 0 Å². The molecule has 3 rings (SSSR count). The average Bonchev–Trinajstić information content (AvgIpc) is 3.12. The second-order valence-corrected chi connectivity index (χ2v) is 7.21. The molecular formula is C19H26N4OS. The summed E-state index contributed by atoms with van der Waals surface area (Å²) >= 11 is 1.83. The number of rotatable bonds is 5. The van der Waals surface area contributed by atoms with Gasteiger partial charge in [-0.25, -0.2) is 4.99 Å². The van der Waals surface area contributed by atoms with Gasteiger partial charge in [-0.1, -0.05) is 18.2 Å². The number of hydrogen-bond donors (Lipinski definition) is 2. The van der Waals surface area contributed by atoms with Gasteiger partial charge in [-0.15, -0.1) is 11.3 Å². The molecule has 0 aliphatic carbocycles. The van der Waals surface area contributed by atoms with Gasteiger partial charge in [-0.2, -0.15) is 0 Å². The second-order valence-electron chi connectivity index (χ2n) is 6.18. The highest BCUT2D eigenvalue weighted by molar-refractivity contribution is 7.09. The van der Waals surface area contributed by atoms with Gasteiger partial charge in [0.05, 0.1) is 6.54 Å². The summed E-state index contributed by atoms with van der Waals surface area (Å²) in [6.45, 7) is 8.64. The van der Waals surface area contributed by atoms with Crippen LogP contribution < -0.4 is 5.32 Å². The maximum absolute atomic E-state index is 9.59. The van der Waals surface area contributed by atoms with Gasteiger partial charge in [0, 0.05) is 44.1 Å². The van der Waals surface area contributed by atoms with Crippen molar-refractivity contribution in [2.75, 3.05) is 32.7 Å². The number of nitrogens with one attached hydrogen (secondary N) is 1. The molecule has 1 aliphatic heterocycles. The van der Waals surface area contributed by atoms with E-state index in [1.807, 2.05) is 23.5 Å². The number of benzene rings is 1. The highest BCUT2D eigenvalue weighted by Gasteiger charge is 2.19. The van der Waals surface area contributed by atoms with Crippen molar-refractivity contribution in [1.29, 1.82) is 0 Å². The normalized spacial score (nSPS) is 16.2. The summed E-state index contributed by atoms with van der Waals surface area (Å²) < 4.78 is 0. The van der Waals surface area contributed by atoms with Gasteiger partial charge in [0.1, 0.15) is 5.75 Å². The summed E-state index contributed by atoms with van der Waals surface area (Å²) in [7, 11) is 0. The topological polar surface area (TPSA) is 51.1 Å². The summed E-state index contributed by atoms with van der Waals surface area (Å²) in [4.78, 5) is 11.0. The zero-order valence-corrected chi connectivity index (χ0v) is 15.5. The van der Waals surface area contributed by atoms with Crippen LogP contribution in [0.2, 0.25) is 0 Å². The highest BCUT2D eigenvalue weighted by atomic mass is 32.1. The summed E-state index contributed by atoms with van der Waals surface area (Å²) in [5.41, 5.74) is 1.02. The largest absolute Gasteiger partial charge is 0.508 e. The van der Waals surface area contributed by atoms with E-state index in [1.165, 1.54) is 4.88 Å². The van der Waals surface area contributed by atoms with Gasteiger partial charge in [0.25, 0.3) is 0 Å². The quantitative estimate of drug-likeness (QED) is 0.637. The Bertz CT molecular complexity index is 678. The molecule has 0 spiro atoms. The lowest BCUT2D eigenvalue weighted by Gasteiger charge is -2.36. The molecule has 0 atom stereocenters. The Kier molecular flexibility index (Phi) is 6.30. The van der Waals surface area contributed by atoms with Gasteiger partial charge >= 0.3 is 0 Å². The van der Waals surface area contributed by atoms with Gasteiger partial charge < -0.3 is 15.3 Å². The molecule has 0 amide bonds. The maximum Gasteiger partial charge on any atom is 0.194 e. The lowest BCUT2D eigenvalue weighted by atomic mass is 10.2. The average molecular weight is 359 g/mol. The third-order valence-corrected chi connectivity index (χ3v) is 5.15. The summed E-state index contributed by atoms with van der Waals surface area (Å²) in [6.07, 6.45) is 0. The van der Waals surface area contributed by atoms with E-state index >= 15 is 0 Å². The molecule has 1 aromatic carbocycles. The second kappa shape index (κ2) is 8.87. The summed E-state index contributed by atoms with van der Waals surface area (Å²) in [5, 5.41) is 15.1. The zero-order chi connectivity index (χ0) is 17.5. The number of piperazine rings is 1. The van der Waals surface area contributed by atoms with E-state index in [0.29, 0.717) is 12.3 Å². The fourth-order valence-corrected chi connectivity index (χ4v) is 3.73. The van der Waals surface area contributed by atoms with Crippen molar-refractivity contribution in [3.05, 3.63) is 52.2 Å². The first-order chi connectivity index (χ1) is 12.2. The smallest absolute Gasteiger partial charge is 0.194 e. The first kappa shape index (κ1) is 17.8. The Morgan fingerprint density at radius 1 is 1.20 bits per heavy atom. The third-order valence-electron chi connectivity index (χ3n) is 4.29. The predicted octanol–water partition coefficient (Wildman–Crippen LogP) is 2.74. The molecule has 0 radical (unpaired) electrons. The molecule has 1 aliphatic rings. The summed E-state index contributed by atoms with van der Waals surface area (Å²) in [6, 6.07) is 11.6. The van der Waals surface area contributed by atoms with Crippen LogP contribution in [0, 0.1) is 0 Å². The van der Waals surface area contributed by atoms with Crippen LogP contribution in [0.3, 0.4) is 0 Å². The van der Waals surface area contributed by atoms with Crippen molar-refractivity contribution < 1.29 is 5.11 Å². The Morgan fingerprint density at radius 3 is 2.72 bits per heavy atom. The Morgan fingerprint density at radius 2 is 2.04 bits per heavy atom. The molecule has 2 heterocycles. The zero-order valence-electron chi connectivity index (χ0n) is 14.7. The maximum atomic E-state index is 9.59. The van der Waals surface area contributed by atoms with Crippen LogP contribution in [0.15, 0.2) is 46.8 Å². The number of nitrogens with zero attached hydrogens (tertiary/aromatic N) is 3. The van der Waals surface area contributed by atoms with Crippen LogP contribution in [-0.4, -0.2) is 53.6 Å². The van der Waals surface area contributed by atoms with Crippen LogP contribution in [0.5, 0.6) is 5.75 Å². The third kappa shape index (κ3) is 5.21. The van der Waals surface area contributed by atoms with Crippen LogP contribution >= 0.6 is 11.3 Å². The molecule has 5 nitrogen and oxygen atoms in total. The van der Waals surface area contributed by atoms with E-state index in [4.69, 9.17) is 4.99 Å². The van der Waals surface area contributed by atoms with E-state index in [2.05, 4.69) is 39.6 Å². The van der Waals surface area contributed by atoms with E-state index in [-0.39, 0.29) is 0 Å². The van der Waals surface area contributed by atoms with Crippen molar-refractivity contribution in [2.24, 2.45) is 4.99 Å². The number of phenolic OH excluding ortho intramolecular Hbond substituents is 1. The van der Waals surface area contributed by atoms with Crippen molar-refractivity contribution >= 4 is 17.3 Å². The first-order valence-electron chi connectivity index (χ1n) is 8.80. The van der Waals surface area contributed by atoms with E-state index in [1.54, 1.807) is 12.1 Å². The van der Waals surface area contributed by atoms with Crippen LogP contribution in [0.25, 0.3) is 0 Å². The molecular weight excluding hydrogens is 332 g/mol. The van der Waals surface area contributed by atoms with E-state index in [0.717, 1.165) is 50.8 Å². The SMILES string of the molecule is CCNC(=NCc1cccc(O)c1)N1CCN(Cc2cccs2)CC1. The summed E-state index contributed by atoms with van der Waals surface area (Å²) in [5.74, 6) is 1.25. The molecule has 2 N–H and O–H groups in total. The molecule has 1 aromatic heterocycles. The van der Waals surface area contributed by atoms with Crippen molar-refractivity contribution in [3.63, 3.8) is 0 Å². The molecule has 0 bridgehead atoms. The Hall–Kier alpha value is -2.05. The van der Waals surface area contributed by atoms with Crippen LogP contribution in [0.1, 0.15) is 17.4 Å². The number of aliphatic imine (C=N–C) groups is 1. The molecule has 1 saturated heterocycles. The van der Waals surface area contributed by atoms with E-state index in [9.17, 15) is 5.11 Å². The monoisotopic (exact) mass is 358 g/mol. The van der Waals surface area contributed by atoms with Gasteiger partial charge in [-0.05, 0) is 36.1 Å². The number of phenols is 1. The molecule has 134 valence electrons. The number of guanidine groups is 1. The molecule has 6 heteroatoms. The first-order valence-corrected chi connectivity index (χ1v) is 9.68. The number of aromatic hydroxyl groups is 1. The number of hydrogen-bond acceptors (Lipinski definition) is 4. The van der Waals surface area contributed by atoms with Gasteiger partial charge in [0.2, 0.25) is 0 Å². The van der Waals surface area contributed by atoms with Gasteiger partial charge in [0.15, 0.2) is 5.96 Å². The highest BCUT2D eigenvalue weighted by Crippen LogP contribution is 2.14. The lowest BCUT2D eigenvalue weighted by Crippen LogP contribution is -2.52. The minimum Gasteiger partial charge on any atom is -0.508 e. The molecule has 0 saturated carbocycles. The van der Waals surface area contributed by atoms with Crippen molar-refractivity contribution in [1.82, 2.24) is 15.1 Å². The molecule has 1 fully saturated rings. The van der Waals surface area contributed by atoms with E-state index < -0.39 is 0 Å². The minimum atomic E-state index is 0.292. The lowest BCUT2D eigenvalue weighted by molar-refractivity contribution is 0.173. The minimum absolute atomic E-state index is 0.292. The molecule has 2 aromatic rings. The van der Waals surface area contributed by atoms with Crippen LogP contribution in [-0.2, 0) is 13.1 Å².